The first kappa shape index (κ1) is 16.9. The number of hydrogen-bond acceptors (Lipinski definition) is 1. The lowest BCUT2D eigenvalue weighted by Crippen LogP contribution is -2.10. The van der Waals surface area contributed by atoms with Crippen LogP contribution < -0.4 is 0 Å². The van der Waals surface area contributed by atoms with Crippen molar-refractivity contribution >= 4 is 5.97 Å². The largest absolute Gasteiger partial charge is 0.477 e. The van der Waals surface area contributed by atoms with Crippen molar-refractivity contribution in [3.05, 3.63) is 72.1 Å². The second kappa shape index (κ2) is 6.51. The van der Waals surface area contributed by atoms with Gasteiger partial charge in [-0.15, -0.1) is 0 Å². The summed E-state index contributed by atoms with van der Waals surface area (Å²) in [6, 6.07) is 11.5. The van der Waals surface area contributed by atoms with E-state index in [9.17, 15) is 18.7 Å². The van der Waals surface area contributed by atoms with Crippen LogP contribution in [0.1, 0.15) is 30.4 Å². The number of benzene rings is 2. The van der Waals surface area contributed by atoms with Gasteiger partial charge in [0.1, 0.15) is 17.3 Å². The maximum Gasteiger partial charge on any atom is 0.353 e. The van der Waals surface area contributed by atoms with Gasteiger partial charge >= 0.3 is 5.97 Å². The van der Waals surface area contributed by atoms with E-state index in [1.807, 2.05) is 13.8 Å². The molecule has 0 amide bonds. The molecule has 1 heterocycles. The van der Waals surface area contributed by atoms with Crippen LogP contribution in [-0.2, 0) is 0 Å². The van der Waals surface area contributed by atoms with Gasteiger partial charge in [-0.3, -0.25) is 0 Å². The first-order valence-corrected chi connectivity index (χ1v) is 7.88. The summed E-state index contributed by atoms with van der Waals surface area (Å²) >= 11 is 0. The SMILES string of the molecule is CC(C)n1cc(-c2ccc(F)cc2)c(-c2ccc(F)cc2)c1C(=O)O. The number of carbonyl (C=O) groups is 1. The molecule has 128 valence electrons. The molecule has 0 fully saturated rings. The van der Waals surface area contributed by atoms with Crippen LogP contribution in [0.4, 0.5) is 8.78 Å². The van der Waals surface area contributed by atoms with Gasteiger partial charge in [0.25, 0.3) is 0 Å². The summed E-state index contributed by atoms with van der Waals surface area (Å²) in [6.07, 6.45) is 1.75. The Balaban J connectivity index is 2.33. The van der Waals surface area contributed by atoms with Crippen LogP contribution in [0.25, 0.3) is 22.3 Å². The molecule has 1 aromatic heterocycles. The van der Waals surface area contributed by atoms with Crippen molar-refractivity contribution in [3.63, 3.8) is 0 Å². The number of carboxylic acids is 1. The van der Waals surface area contributed by atoms with Crippen molar-refractivity contribution in [1.82, 2.24) is 4.57 Å². The normalized spacial score (nSPS) is 11.1. The molecule has 3 rings (SSSR count). The summed E-state index contributed by atoms with van der Waals surface area (Å²) in [5, 5.41) is 9.76. The highest BCUT2D eigenvalue weighted by molar-refractivity contribution is 6.00. The number of carboxylic acid groups (broad SMARTS) is 1. The quantitative estimate of drug-likeness (QED) is 0.692. The van der Waals surface area contributed by atoms with E-state index in [2.05, 4.69) is 0 Å². The summed E-state index contributed by atoms with van der Waals surface area (Å²) in [7, 11) is 0. The standard InChI is InChI=1S/C20H17F2NO2/c1-12(2)23-11-17(13-3-7-15(21)8-4-13)18(19(23)20(24)25)14-5-9-16(22)10-6-14/h3-12H,1-2H3,(H,24,25). The van der Waals surface area contributed by atoms with E-state index < -0.39 is 11.8 Å². The van der Waals surface area contributed by atoms with Crippen molar-refractivity contribution in [1.29, 1.82) is 0 Å². The molecular formula is C20H17F2NO2. The Morgan fingerprint density at radius 1 is 0.920 bits per heavy atom. The van der Waals surface area contributed by atoms with Crippen molar-refractivity contribution in [2.75, 3.05) is 0 Å². The second-order valence-electron chi connectivity index (χ2n) is 6.09. The minimum absolute atomic E-state index is 0.0838. The Morgan fingerprint density at radius 3 is 1.84 bits per heavy atom. The third kappa shape index (κ3) is 3.18. The second-order valence-corrected chi connectivity index (χ2v) is 6.09. The fourth-order valence-corrected chi connectivity index (χ4v) is 2.91. The first-order valence-electron chi connectivity index (χ1n) is 7.88. The average molecular weight is 341 g/mol. The van der Waals surface area contributed by atoms with E-state index in [1.54, 1.807) is 35.0 Å². The van der Waals surface area contributed by atoms with Crippen LogP contribution in [-0.4, -0.2) is 15.6 Å². The Hall–Kier alpha value is -2.95. The zero-order chi connectivity index (χ0) is 18.1. The Morgan fingerprint density at radius 2 is 1.40 bits per heavy atom. The van der Waals surface area contributed by atoms with E-state index in [4.69, 9.17) is 0 Å². The van der Waals surface area contributed by atoms with Gasteiger partial charge in [-0.2, -0.15) is 0 Å². The molecule has 0 saturated carbocycles. The summed E-state index contributed by atoms with van der Waals surface area (Å²) in [5.74, 6) is -1.83. The Labute approximate surface area is 144 Å². The fraction of sp³-hybridized carbons (Fsp3) is 0.150. The molecule has 5 heteroatoms. The summed E-state index contributed by atoms with van der Waals surface area (Å²) < 4.78 is 28.2. The smallest absolute Gasteiger partial charge is 0.353 e. The van der Waals surface area contributed by atoms with Gasteiger partial charge in [0.2, 0.25) is 0 Å². The molecule has 0 atom stereocenters. The predicted molar refractivity (Wildman–Crippen MR) is 92.6 cm³/mol. The highest BCUT2D eigenvalue weighted by atomic mass is 19.1. The van der Waals surface area contributed by atoms with Crippen LogP contribution in [0.2, 0.25) is 0 Å². The molecule has 0 unspecified atom stereocenters. The van der Waals surface area contributed by atoms with Crippen LogP contribution in [0.3, 0.4) is 0 Å². The number of hydrogen-bond donors (Lipinski definition) is 1. The topological polar surface area (TPSA) is 42.2 Å². The molecule has 3 aromatic rings. The van der Waals surface area contributed by atoms with Crippen LogP contribution in [0, 0.1) is 11.6 Å². The van der Waals surface area contributed by atoms with Crippen molar-refractivity contribution < 1.29 is 18.7 Å². The molecule has 0 aliphatic heterocycles. The van der Waals surface area contributed by atoms with Gasteiger partial charge in [0, 0.05) is 23.4 Å². The molecule has 2 aromatic carbocycles. The van der Waals surface area contributed by atoms with Gasteiger partial charge in [-0.05, 0) is 49.2 Å². The lowest BCUT2D eigenvalue weighted by Gasteiger charge is -2.11. The summed E-state index contributed by atoms with van der Waals surface area (Å²) in [5.41, 5.74) is 2.58. The minimum Gasteiger partial charge on any atom is -0.477 e. The molecule has 0 aliphatic carbocycles. The minimum atomic E-state index is -1.07. The van der Waals surface area contributed by atoms with E-state index in [1.165, 1.54) is 24.3 Å². The predicted octanol–water partition coefficient (Wildman–Crippen LogP) is 5.38. The van der Waals surface area contributed by atoms with Crippen LogP contribution in [0.15, 0.2) is 54.7 Å². The Bertz CT molecular complexity index is 910. The Kier molecular flexibility index (Phi) is 4.40. The third-order valence-corrected chi connectivity index (χ3v) is 4.08. The van der Waals surface area contributed by atoms with E-state index in [-0.39, 0.29) is 17.6 Å². The maximum atomic E-state index is 13.3. The highest BCUT2D eigenvalue weighted by Crippen LogP contribution is 2.38. The number of rotatable bonds is 4. The van der Waals surface area contributed by atoms with Gasteiger partial charge in [0.05, 0.1) is 0 Å². The zero-order valence-electron chi connectivity index (χ0n) is 13.8. The third-order valence-electron chi connectivity index (χ3n) is 4.08. The fourth-order valence-electron chi connectivity index (χ4n) is 2.91. The first-order chi connectivity index (χ1) is 11.9. The number of nitrogens with zero attached hydrogens (tertiary/aromatic N) is 1. The molecule has 0 aliphatic rings. The van der Waals surface area contributed by atoms with Crippen LogP contribution in [0.5, 0.6) is 0 Å². The molecular weight excluding hydrogens is 324 g/mol. The van der Waals surface area contributed by atoms with E-state index in [0.29, 0.717) is 22.3 Å². The summed E-state index contributed by atoms with van der Waals surface area (Å²) in [4.78, 5) is 11.9. The van der Waals surface area contributed by atoms with E-state index >= 15 is 0 Å². The number of aromatic nitrogens is 1. The molecule has 0 spiro atoms. The van der Waals surface area contributed by atoms with Gasteiger partial charge in [0.15, 0.2) is 0 Å². The van der Waals surface area contributed by atoms with Gasteiger partial charge in [-0.1, -0.05) is 24.3 Å². The maximum absolute atomic E-state index is 13.3. The monoisotopic (exact) mass is 341 g/mol. The van der Waals surface area contributed by atoms with Crippen molar-refractivity contribution in [2.24, 2.45) is 0 Å². The van der Waals surface area contributed by atoms with Crippen molar-refractivity contribution in [3.8, 4) is 22.3 Å². The van der Waals surface area contributed by atoms with E-state index in [0.717, 1.165) is 0 Å². The van der Waals surface area contributed by atoms with Gasteiger partial charge in [-0.25, -0.2) is 13.6 Å². The molecule has 25 heavy (non-hydrogen) atoms. The molecule has 3 nitrogen and oxygen atoms in total. The molecule has 0 bridgehead atoms. The number of aromatic carboxylic acids is 1. The lowest BCUT2D eigenvalue weighted by molar-refractivity contribution is 0.0684. The molecule has 0 saturated heterocycles. The lowest BCUT2D eigenvalue weighted by atomic mass is 9.96. The molecule has 0 radical (unpaired) electrons. The summed E-state index contributed by atoms with van der Waals surface area (Å²) in [6.45, 7) is 3.77. The number of halogens is 2. The average Bonchev–Trinajstić information content (AvgIpc) is 2.97. The molecule has 1 N–H and O–H groups in total. The van der Waals surface area contributed by atoms with Crippen molar-refractivity contribution in [2.45, 2.75) is 19.9 Å². The van der Waals surface area contributed by atoms with Crippen LogP contribution >= 0.6 is 0 Å². The van der Waals surface area contributed by atoms with Gasteiger partial charge < -0.3 is 9.67 Å². The zero-order valence-corrected chi connectivity index (χ0v) is 13.8. The highest BCUT2D eigenvalue weighted by Gasteiger charge is 2.24.